The summed E-state index contributed by atoms with van der Waals surface area (Å²) in [7, 11) is -3.77. The topological polar surface area (TPSA) is 79.8 Å². The van der Waals surface area contributed by atoms with Crippen LogP contribution in [-0.4, -0.2) is 60.0 Å². The van der Waals surface area contributed by atoms with E-state index in [0.29, 0.717) is 10.8 Å². The molecule has 28 heavy (non-hydrogen) atoms. The van der Waals surface area contributed by atoms with Gasteiger partial charge in [-0.15, -0.1) is 0 Å². The molecule has 152 valence electrons. The molecule has 1 aromatic heterocycles. The lowest BCUT2D eigenvalue weighted by Gasteiger charge is -2.39. The van der Waals surface area contributed by atoms with Crippen molar-refractivity contribution in [1.29, 1.82) is 0 Å². The Morgan fingerprint density at radius 1 is 1.21 bits per heavy atom. The van der Waals surface area contributed by atoms with Crippen molar-refractivity contribution in [3.05, 3.63) is 35.6 Å². The molecule has 1 aromatic carbocycles. The number of aromatic nitrogens is 1. The van der Waals surface area contributed by atoms with E-state index >= 15 is 0 Å². The van der Waals surface area contributed by atoms with Crippen LogP contribution in [0.2, 0.25) is 5.15 Å². The van der Waals surface area contributed by atoms with Gasteiger partial charge in [0, 0.05) is 42.6 Å². The first-order valence-electron chi connectivity index (χ1n) is 9.04. The average Bonchev–Trinajstić information content (AvgIpc) is 2.60. The number of benzene rings is 1. The molecule has 0 spiro atoms. The Bertz CT molecular complexity index is 1000. The number of piperazine rings is 1. The number of carbonyl (C=O) groups excluding carboxylic acids is 1. The number of amides is 1. The second kappa shape index (κ2) is 7.50. The van der Waals surface area contributed by atoms with E-state index in [2.05, 4.69) is 4.98 Å². The van der Waals surface area contributed by atoms with Crippen molar-refractivity contribution in [3.8, 4) is 0 Å². The number of hydrogen-bond acceptors (Lipinski definition) is 5. The predicted molar refractivity (Wildman–Crippen MR) is 108 cm³/mol. The molecule has 1 aliphatic heterocycles. The number of sulfonamides is 1. The Morgan fingerprint density at radius 2 is 1.93 bits per heavy atom. The Labute approximate surface area is 170 Å². The average molecular weight is 426 g/mol. The van der Waals surface area contributed by atoms with Crippen LogP contribution in [0.25, 0.3) is 10.8 Å². The van der Waals surface area contributed by atoms with Gasteiger partial charge in [-0.2, -0.15) is 4.31 Å². The van der Waals surface area contributed by atoms with E-state index in [1.165, 1.54) is 10.5 Å². The summed E-state index contributed by atoms with van der Waals surface area (Å²) in [5.74, 6) is 0. The SMILES string of the molecule is C[C@@H]1CN(C(=O)OC(C)(C)C)CCN1S(=O)(=O)c1cccc2c(Cl)nccc12. The number of halogens is 1. The van der Waals surface area contributed by atoms with Gasteiger partial charge in [-0.25, -0.2) is 18.2 Å². The van der Waals surface area contributed by atoms with E-state index < -0.39 is 21.7 Å². The monoisotopic (exact) mass is 425 g/mol. The Hall–Kier alpha value is -1.90. The first-order chi connectivity index (χ1) is 13.0. The molecule has 0 N–H and O–H groups in total. The molecule has 2 heterocycles. The Kier molecular flexibility index (Phi) is 5.58. The molecule has 1 saturated heterocycles. The third-order valence-corrected chi connectivity index (χ3v) is 6.90. The van der Waals surface area contributed by atoms with Crippen molar-refractivity contribution in [1.82, 2.24) is 14.2 Å². The van der Waals surface area contributed by atoms with Crippen molar-refractivity contribution in [2.45, 2.75) is 44.2 Å². The number of rotatable bonds is 2. The lowest BCUT2D eigenvalue weighted by atomic mass is 10.2. The Morgan fingerprint density at radius 3 is 2.57 bits per heavy atom. The fourth-order valence-electron chi connectivity index (χ4n) is 3.28. The van der Waals surface area contributed by atoms with Crippen LogP contribution in [0.1, 0.15) is 27.7 Å². The summed E-state index contributed by atoms with van der Waals surface area (Å²) in [5, 5.41) is 1.38. The van der Waals surface area contributed by atoms with Crippen LogP contribution in [0.4, 0.5) is 4.79 Å². The van der Waals surface area contributed by atoms with Crippen LogP contribution >= 0.6 is 11.6 Å². The van der Waals surface area contributed by atoms with Crippen LogP contribution in [-0.2, 0) is 14.8 Å². The van der Waals surface area contributed by atoms with E-state index in [0.717, 1.165) is 0 Å². The molecule has 1 atom stereocenters. The van der Waals surface area contributed by atoms with Gasteiger partial charge in [0.05, 0.1) is 4.90 Å². The Balaban J connectivity index is 1.87. The zero-order valence-corrected chi connectivity index (χ0v) is 17.9. The molecule has 1 aliphatic rings. The second-order valence-corrected chi connectivity index (χ2v) is 10.1. The van der Waals surface area contributed by atoms with Crippen LogP contribution in [0.5, 0.6) is 0 Å². The quantitative estimate of drug-likeness (QED) is 0.688. The van der Waals surface area contributed by atoms with Crippen LogP contribution < -0.4 is 0 Å². The molecule has 0 saturated carbocycles. The van der Waals surface area contributed by atoms with Crippen molar-refractivity contribution in [2.75, 3.05) is 19.6 Å². The summed E-state index contributed by atoms with van der Waals surface area (Å²) in [6, 6.07) is 6.23. The molecule has 0 aliphatic carbocycles. The fourth-order valence-corrected chi connectivity index (χ4v) is 5.33. The standard InChI is InChI=1S/C19H24ClN3O4S/c1-13-12-22(18(24)27-19(2,3)4)10-11-23(13)28(25,26)16-7-5-6-15-14(16)8-9-21-17(15)20/h5-9,13H,10-12H2,1-4H3/t13-/m1/s1. The third-order valence-electron chi connectivity index (χ3n) is 4.52. The van der Waals surface area contributed by atoms with Crippen molar-refractivity contribution in [2.24, 2.45) is 0 Å². The first-order valence-corrected chi connectivity index (χ1v) is 10.9. The minimum absolute atomic E-state index is 0.187. The lowest BCUT2D eigenvalue weighted by Crippen LogP contribution is -2.56. The number of pyridine rings is 1. The van der Waals surface area contributed by atoms with Crippen molar-refractivity contribution >= 4 is 38.5 Å². The number of ether oxygens (including phenoxy) is 1. The van der Waals surface area contributed by atoms with E-state index in [1.807, 2.05) is 0 Å². The molecule has 9 heteroatoms. The van der Waals surface area contributed by atoms with E-state index in [1.54, 1.807) is 56.9 Å². The van der Waals surface area contributed by atoms with Gasteiger partial charge in [0.2, 0.25) is 10.0 Å². The zero-order valence-electron chi connectivity index (χ0n) is 16.3. The van der Waals surface area contributed by atoms with Crippen molar-refractivity contribution < 1.29 is 17.9 Å². The van der Waals surface area contributed by atoms with Gasteiger partial charge >= 0.3 is 6.09 Å². The minimum atomic E-state index is -3.77. The normalized spacial score (nSPS) is 19.0. The van der Waals surface area contributed by atoms with Gasteiger partial charge in [0.15, 0.2) is 0 Å². The maximum atomic E-state index is 13.4. The number of fused-ring (bicyclic) bond motifs is 1. The molecule has 0 bridgehead atoms. The third kappa shape index (κ3) is 4.09. The zero-order chi connectivity index (χ0) is 20.7. The molecule has 3 rings (SSSR count). The van der Waals surface area contributed by atoms with Gasteiger partial charge in [-0.3, -0.25) is 0 Å². The predicted octanol–water partition coefficient (Wildman–Crippen LogP) is 3.52. The van der Waals surface area contributed by atoms with Gasteiger partial charge in [0.1, 0.15) is 10.8 Å². The molecule has 2 aromatic rings. The van der Waals surface area contributed by atoms with Gasteiger partial charge in [-0.05, 0) is 39.8 Å². The molecule has 7 nitrogen and oxygen atoms in total. The number of hydrogen-bond donors (Lipinski definition) is 0. The maximum absolute atomic E-state index is 13.4. The summed E-state index contributed by atoms with van der Waals surface area (Å²) in [5.41, 5.74) is -0.597. The van der Waals surface area contributed by atoms with Gasteiger partial charge in [-0.1, -0.05) is 23.7 Å². The number of carbonyl (C=O) groups is 1. The second-order valence-electron chi connectivity index (χ2n) is 7.84. The summed E-state index contributed by atoms with van der Waals surface area (Å²) >= 11 is 6.12. The van der Waals surface area contributed by atoms with Gasteiger partial charge in [0.25, 0.3) is 0 Å². The van der Waals surface area contributed by atoms with E-state index in [-0.39, 0.29) is 35.7 Å². The summed E-state index contributed by atoms with van der Waals surface area (Å²) in [6.07, 6.45) is 1.06. The van der Waals surface area contributed by atoms with Crippen molar-refractivity contribution in [3.63, 3.8) is 0 Å². The summed E-state index contributed by atoms with van der Waals surface area (Å²) in [6.45, 7) is 7.92. The molecule has 0 radical (unpaired) electrons. The molecule has 1 amide bonds. The lowest BCUT2D eigenvalue weighted by molar-refractivity contribution is 0.0143. The first kappa shape index (κ1) is 20.8. The van der Waals surface area contributed by atoms with Crippen LogP contribution in [0.3, 0.4) is 0 Å². The van der Waals surface area contributed by atoms with E-state index in [9.17, 15) is 13.2 Å². The molecular weight excluding hydrogens is 402 g/mol. The van der Waals surface area contributed by atoms with Crippen LogP contribution in [0, 0.1) is 0 Å². The molecule has 0 unspecified atom stereocenters. The fraction of sp³-hybridized carbons (Fsp3) is 0.474. The number of nitrogens with zero attached hydrogens (tertiary/aromatic N) is 3. The highest BCUT2D eigenvalue weighted by Gasteiger charge is 2.37. The highest BCUT2D eigenvalue weighted by Crippen LogP contribution is 2.30. The highest BCUT2D eigenvalue weighted by molar-refractivity contribution is 7.89. The summed E-state index contributed by atoms with van der Waals surface area (Å²) in [4.78, 5) is 18.1. The minimum Gasteiger partial charge on any atom is -0.444 e. The highest BCUT2D eigenvalue weighted by atomic mass is 35.5. The largest absolute Gasteiger partial charge is 0.444 e. The van der Waals surface area contributed by atoms with Gasteiger partial charge < -0.3 is 9.64 Å². The summed E-state index contributed by atoms with van der Waals surface area (Å²) < 4.78 is 33.5. The van der Waals surface area contributed by atoms with E-state index in [4.69, 9.17) is 16.3 Å². The maximum Gasteiger partial charge on any atom is 0.410 e. The smallest absolute Gasteiger partial charge is 0.410 e. The molecular formula is C19H24ClN3O4S. The van der Waals surface area contributed by atoms with Crippen LogP contribution in [0.15, 0.2) is 35.4 Å². The molecule has 1 fully saturated rings.